The monoisotopic (exact) mass is 469 g/mol. The van der Waals surface area contributed by atoms with Crippen molar-refractivity contribution in [3.63, 3.8) is 0 Å². The first-order valence-corrected chi connectivity index (χ1v) is 11.8. The van der Waals surface area contributed by atoms with E-state index >= 15 is 0 Å². The molecular weight excluding hydrogens is 442 g/mol. The molecule has 2 N–H and O–H groups in total. The Morgan fingerprint density at radius 2 is 1.63 bits per heavy atom. The number of nitrogens with one attached hydrogen (secondary N) is 1. The fourth-order valence-electron chi connectivity index (χ4n) is 4.92. The highest BCUT2D eigenvalue weighted by atomic mass is 16.5. The minimum absolute atomic E-state index is 0.0637. The summed E-state index contributed by atoms with van der Waals surface area (Å²) >= 11 is 0. The molecule has 1 atom stereocenters. The van der Waals surface area contributed by atoms with Gasteiger partial charge >= 0.3 is 12.1 Å². The lowest BCUT2D eigenvalue weighted by molar-refractivity contribution is -0.139. The van der Waals surface area contributed by atoms with Crippen LogP contribution >= 0.6 is 0 Å². The molecule has 0 aliphatic heterocycles. The second kappa shape index (κ2) is 9.62. The fraction of sp³-hybridized carbons (Fsp3) is 0.250. The number of carboxylic acids is 1. The van der Waals surface area contributed by atoms with Crippen LogP contribution in [0.4, 0.5) is 4.79 Å². The van der Waals surface area contributed by atoms with Gasteiger partial charge in [0.15, 0.2) is 0 Å². The second-order valence-corrected chi connectivity index (χ2v) is 8.73. The number of rotatable bonds is 8. The maximum Gasteiger partial charge on any atom is 0.407 e. The summed E-state index contributed by atoms with van der Waals surface area (Å²) in [5.74, 6) is -0.599. The molecule has 35 heavy (non-hydrogen) atoms. The van der Waals surface area contributed by atoms with Gasteiger partial charge < -0.3 is 19.7 Å². The van der Waals surface area contributed by atoms with Crippen LogP contribution in [0.1, 0.15) is 36.2 Å². The molecule has 0 bridgehead atoms. The van der Waals surface area contributed by atoms with E-state index in [1.807, 2.05) is 65.2 Å². The van der Waals surface area contributed by atoms with E-state index in [0.29, 0.717) is 12.4 Å². The van der Waals surface area contributed by atoms with Crippen LogP contribution in [-0.2, 0) is 22.5 Å². The lowest BCUT2D eigenvalue weighted by Gasteiger charge is -2.18. The van der Waals surface area contributed by atoms with E-state index in [0.717, 1.165) is 39.7 Å². The number of imidazole rings is 1. The Balaban J connectivity index is 1.30. The van der Waals surface area contributed by atoms with E-state index in [1.54, 1.807) is 0 Å². The first-order valence-electron chi connectivity index (χ1n) is 11.8. The zero-order valence-electron chi connectivity index (χ0n) is 19.5. The van der Waals surface area contributed by atoms with Crippen molar-refractivity contribution in [2.24, 2.45) is 0 Å². The number of carbonyl (C=O) groups is 2. The molecule has 0 fully saturated rings. The summed E-state index contributed by atoms with van der Waals surface area (Å²) in [4.78, 5) is 29.3. The van der Waals surface area contributed by atoms with Crippen molar-refractivity contribution in [3.8, 4) is 11.1 Å². The topological polar surface area (TPSA) is 93.5 Å². The molecule has 0 radical (unpaired) electrons. The predicted molar refractivity (Wildman–Crippen MR) is 133 cm³/mol. The van der Waals surface area contributed by atoms with Gasteiger partial charge in [0, 0.05) is 18.9 Å². The number of nitrogens with zero attached hydrogens (tertiary/aromatic N) is 2. The molecule has 1 unspecified atom stereocenters. The Morgan fingerprint density at radius 3 is 2.29 bits per heavy atom. The number of carboxylic acid groups (broad SMARTS) is 1. The van der Waals surface area contributed by atoms with Gasteiger partial charge in [-0.3, -0.25) is 0 Å². The highest BCUT2D eigenvalue weighted by molar-refractivity contribution is 5.82. The molecule has 1 aliphatic rings. The number of hydrogen-bond donors (Lipinski definition) is 2. The van der Waals surface area contributed by atoms with Gasteiger partial charge in [-0.2, -0.15) is 0 Å². The van der Waals surface area contributed by atoms with E-state index in [1.165, 1.54) is 0 Å². The van der Waals surface area contributed by atoms with Crippen molar-refractivity contribution < 1.29 is 19.4 Å². The number of aliphatic carboxylic acids is 1. The summed E-state index contributed by atoms with van der Waals surface area (Å²) in [6.45, 7) is 2.90. The van der Waals surface area contributed by atoms with Crippen LogP contribution in [0.25, 0.3) is 22.2 Å². The summed E-state index contributed by atoms with van der Waals surface area (Å²) in [7, 11) is 0. The van der Waals surface area contributed by atoms with Gasteiger partial charge in [-0.15, -0.1) is 0 Å². The van der Waals surface area contributed by atoms with Crippen molar-refractivity contribution in [3.05, 3.63) is 89.7 Å². The zero-order chi connectivity index (χ0) is 24.4. The van der Waals surface area contributed by atoms with E-state index in [4.69, 9.17) is 4.74 Å². The normalized spacial score (nSPS) is 13.3. The summed E-state index contributed by atoms with van der Waals surface area (Å²) in [6, 6.07) is 22.7. The number of benzene rings is 3. The van der Waals surface area contributed by atoms with Gasteiger partial charge in [-0.05, 0) is 40.8 Å². The Kier molecular flexibility index (Phi) is 6.23. The van der Waals surface area contributed by atoms with Crippen LogP contribution in [0.3, 0.4) is 0 Å². The second-order valence-electron chi connectivity index (χ2n) is 8.73. The standard InChI is InChI=1S/C28H27N3O4/c1-2-15-31-25-14-8-7-13-23(25)29-26(31)16-24(27(32)33)30-28(34)35-17-22-20-11-5-3-9-18(20)19-10-4-6-12-21(19)22/h3-14,22,24H,2,15-17H2,1H3,(H,30,34)(H,32,33). The van der Waals surface area contributed by atoms with Crippen molar-refractivity contribution in [2.75, 3.05) is 6.61 Å². The van der Waals surface area contributed by atoms with Crippen LogP contribution in [-0.4, -0.2) is 39.4 Å². The number of alkyl carbamates (subject to hydrolysis) is 1. The molecule has 1 amide bonds. The van der Waals surface area contributed by atoms with Gasteiger partial charge in [0.25, 0.3) is 0 Å². The average Bonchev–Trinajstić information content (AvgIpc) is 3.38. The van der Waals surface area contributed by atoms with Gasteiger partial charge in [0.1, 0.15) is 18.5 Å². The van der Waals surface area contributed by atoms with Crippen LogP contribution in [0, 0.1) is 0 Å². The van der Waals surface area contributed by atoms with E-state index in [-0.39, 0.29) is 18.9 Å². The first kappa shape index (κ1) is 22.7. The molecule has 1 aromatic heterocycles. The molecule has 178 valence electrons. The molecule has 1 aliphatic carbocycles. The van der Waals surface area contributed by atoms with Crippen LogP contribution in [0.2, 0.25) is 0 Å². The first-order chi connectivity index (χ1) is 17.1. The van der Waals surface area contributed by atoms with Gasteiger partial charge in [-0.1, -0.05) is 67.6 Å². The minimum Gasteiger partial charge on any atom is -0.480 e. The largest absolute Gasteiger partial charge is 0.480 e. The highest BCUT2D eigenvalue weighted by Crippen LogP contribution is 2.44. The third-order valence-electron chi connectivity index (χ3n) is 6.50. The van der Waals surface area contributed by atoms with Crippen molar-refractivity contribution in [1.29, 1.82) is 0 Å². The molecule has 7 nitrogen and oxygen atoms in total. The van der Waals surface area contributed by atoms with Crippen molar-refractivity contribution in [2.45, 2.75) is 38.3 Å². The third kappa shape index (κ3) is 4.37. The number of hydrogen-bond acceptors (Lipinski definition) is 4. The quantitative estimate of drug-likeness (QED) is 0.380. The fourth-order valence-corrected chi connectivity index (χ4v) is 4.92. The Hall–Kier alpha value is -4.13. The SMILES string of the molecule is CCCn1c(CC(NC(=O)OCC2c3ccccc3-c3ccccc32)C(=O)O)nc2ccccc21. The van der Waals surface area contributed by atoms with Crippen LogP contribution in [0.5, 0.6) is 0 Å². The smallest absolute Gasteiger partial charge is 0.407 e. The minimum atomic E-state index is -1.15. The molecule has 3 aromatic carbocycles. The number of carbonyl (C=O) groups excluding carboxylic acids is 1. The average molecular weight is 470 g/mol. The summed E-state index contributed by atoms with van der Waals surface area (Å²) in [5.41, 5.74) is 6.23. The summed E-state index contributed by atoms with van der Waals surface area (Å²) in [5, 5.41) is 12.3. The molecule has 0 spiro atoms. The highest BCUT2D eigenvalue weighted by Gasteiger charge is 2.30. The van der Waals surface area contributed by atoms with Crippen molar-refractivity contribution >= 4 is 23.1 Å². The van der Waals surface area contributed by atoms with Crippen LogP contribution < -0.4 is 5.32 Å². The lowest BCUT2D eigenvalue weighted by Crippen LogP contribution is -2.43. The summed E-state index contributed by atoms with van der Waals surface area (Å²) in [6.07, 6.45) is 0.191. The molecule has 1 heterocycles. The number of aryl methyl sites for hydroxylation is 1. The van der Waals surface area contributed by atoms with E-state index in [2.05, 4.69) is 29.4 Å². The number of ether oxygens (including phenoxy) is 1. The molecule has 0 saturated heterocycles. The number of amides is 1. The third-order valence-corrected chi connectivity index (χ3v) is 6.50. The van der Waals surface area contributed by atoms with E-state index < -0.39 is 18.1 Å². The van der Waals surface area contributed by atoms with Gasteiger partial charge in [0.2, 0.25) is 0 Å². The Morgan fingerprint density at radius 1 is 1.00 bits per heavy atom. The Labute approximate surface area is 203 Å². The van der Waals surface area contributed by atoms with Gasteiger partial charge in [0.05, 0.1) is 11.0 Å². The maximum atomic E-state index is 12.7. The summed E-state index contributed by atoms with van der Waals surface area (Å²) < 4.78 is 7.57. The van der Waals surface area contributed by atoms with Crippen LogP contribution in [0.15, 0.2) is 72.8 Å². The molecule has 0 saturated carbocycles. The molecule has 5 rings (SSSR count). The molecule has 4 aromatic rings. The Bertz CT molecular complexity index is 1350. The number of aromatic nitrogens is 2. The predicted octanol–water partition coefficient (Wildman–Crippen LogP) is 4.98. The van der Waals surface area contributed by atoms with Gasteiger partial charge in [-0.25, -0.2) is 14.6 Å². The molecular formula is C28H27N3O4. The molecule has 7 heteroatoms. The van der Waals surface area contributed by atoms with Crippen molar-refractivity contribution in [1.82, 2.24) is 14.9 Å². The zero-order valence-corrected chi connectivity index (χ0v) is 19.5. The number of para-hydroxylation sites is 2. The van der Waals surface area contributed by atoms with E-state index in [9.17, 15) is 14.7 Å². The maximum absolute atomic E-state index is 12.7. The number of fused-ring (bicyclic) bond motifs is 4. The lowest BCUT2D eigenvalue weighted by atomic mass is 9.98.